The van der Waals surface area contributed by atoms with Crippen LogP contribution in [0.3, 0.4) is 0 Å². The fourth-order valence-corrected chi connectivity index (χ4v) is 1.40. The van der Waals surface area contributed by atoms with Crippen LogP contribution in [0.15, 0.2) is 0 Å². The molecule has 0 amide bonds. The van der Waals surface area contributed by atoms with Crippen LogP contribution in [0.1, 0.15) is 45.4 Å². The van der Waals surface area contributed by atoms with Crippen molar-refractivity contribution in [2.45, 2.75) is 57.7 Å². The lowest BCUT2D eigenvalue weighted by atomic mass is 10.1. The van der Waals surface area contributed by atoms with Gasteiger partial charge >= 0.3 is 11.9 Å². The van der Waals surface area contributed by atoms with Crippen molar-refractivity contribution in [3.05, 3.63) is 0 Å². The number of hydrogen-bond acceptors (Lipinski definition) is 5. The number of unbranched alkanes of at least 4 members (excludes halogenated alkanes) is 5. The van der Waals surface area contributed by atoms with Crippen LogP contribution in [0.4, 0.5) is 0 Å². The zero-order valence-corrected chi connectivity index (χ0v) is 10.7. The molecule has 0 aliphatic rings. The topological polar surface area (TPSA) is 104 Å². The summed E-state index contributed by atoms with van der Waals surface area (Å²) in [7, 11) is 0. The molecule has 0 radical (unpaired) electrons. The Labute approximate surface area is 107 Å². The third kappa shape index (κ3) is 7.24. The van der Waals surface area contributed by atoms with Crippen LogP contribution in [-0.2, 0) is 14.3 Å². The first kappa shape index (κ1) is 16.9. The fourth-order valence-electron chi connectivity index (χ4n) is 1.40. The van der Waals surface area contributed by atoms with Crippen LogP contribution in [0, 0.1) is 0 Å². The van der Waals surface area contributed by atoms with Crippen molar-refractivity contribution in [1.29, 1.82) is 0 Å². The Kier molecular flexibility index (Phi) is 9.22. The van der Waals surface area contributed by atoms with Crippen LogP contribution < -0.4 is 0 Å². The summed E-state index contributed by atoms with van der Waals surface area (Å²) in [5.41, 5.74) is 0. The molecule has 2 atom stereocenters. The van der Waals surface area contributed by atoms with Crippen LogP contribution in [0.25, 0.3) is 0 Å². The molecule has 0 aromatic rings. The molecule has 0 rings (SSSR count). The summed E-state index contributed by atoms with van der Waals surface area (Å²) in [6, 6.07) is 0. The molecule has 18 heavy (non-hydrogen) atoms. The minimum absolute atomic E-state index is 0.133. The largest absolute Gasteiger partial charge is 0.479 e. The molecule has 6 heteroatoms. The molecule has 106 valence electrons. The smallest absolute Gasteiger partial charge is 0.338 e. The van der Waals surface area contributed by atoms with Gasteiger partial charge in [0.1, 0.15) is 0 Å². The normalized spacial score (nSPS) is 13.9. The Morgan fingerprint density at radius 1 is 1.00 bits per heavy atom. The molecule has 0 aromatic heterocycles. The molecule has 0 bridgehead atoms. The fraction of sp³-hybridized carbons (Fsp3) is 0.833. The minimum atomic E-state index is -2.14. The standard InChI is InChI=1S/C12H22O6/c1-2-3-4-5-6-7-8-18-12(17)10(14)9(13)11(15)16/h9-10,13-14H,2-8H2,1H3,(H,15,16)/t9-,10-/m1/s1. The lowest BCUT2D eigenvalue weighted by Crippen LogP contribution is -2.40. The molecule has 0 aliphatic heterocycles. The second-order valence-electron chi connectivity index (χ2n) is 4.16. The van der Waals surface area contributed by atoms with Crippen LogP contribution in [-0.4, -0.2) is 46.1 Å². The van der Waals surface area contributed by atoms with E-state index in [1.807, 2.05) is 0 Å². The van der Waals surface area contributed by atoms with E-state index in [1.54, 1.807) is 0 Å². The molecule has 0 heterocycles. The van der Waals surface area contributed by atoms with Crippen molar-refractivity contribution in [2.75, 3.05) is 6.61 Å². The summed E-state index contributed by atoms with van der Waals surface area (Å²) in [6.07, 6.45) is 1.98. The number of ether oxygens (including phenoxy) is 1. The van der Waals surface area contributed by atoms with Crippen molar-refractivity contribution in [3.63, 3.8) is 0 Å². The highest BCUT2D eigenvalue weighted by atomic mass is 16.5. The van der Waals surface area contributed by atoms with E-state index in [-0.39, 0.29) is 6.61 Å². The summed E-state index contributed by atoms with van der Waals surface area (Å²) >= 11 is 0. The highest BCUT2D eigenvalue weighted by Gasteiger charge is 2.31. The van der Waals surface area contributed by atoms with Crippen molar-refractivity contribution in [3.8, 4) is 0 Å². The second-order valence-corrected chi connectivity index (χ2v) is 4.16. The molecule has 0 unspecified atom stereocenters. The van der Waals surface area contributed by atoms with Gasteiger partial charge in [0.15, 0.2) is 12.2 Å². The first-order valence-corrected chi connectivity index (χ1v) is 6.26. The first-order chi connectivity index (χ1) is 8.50. The third-order valence-electron chi connectivity index (χ3n) is 2.54. The van der Waals surface area contributed by atoms with Crippen LogP contribution >= 0.6 is 0 Å². The Morgan fingerprint density at radius 3 is 2.11 bits per heavy atom. The zero-order valence-electron chi connectivity index (χ0n) is 10.7. The van der Waals surface area contributed by atoms with Crippen molar-refractivity contribution in [2.24, 2.45) is 0 Å². The van der Waals surface area contributed by atoms with Gasteiger partial charge in [-0.3, -0.25) is 0 Å². The van der Waals surface area contributed by atoms with Gasteiger partial charge in [0.05, 0.1) is 6.61 Å². The molecule has 0 aromatic carbocycles. The van der Waals surface area contributed by atoms with Crippen molar-refractivity contribution >= 4 is 11.9 Å². The number of esters is 1. The molecule has 0 aliphatic carbocycles. The average molecular weight is 262 g/mol. The number of aliphatic carboxylic acids is 1. The predicted octanol–water partition coefficient (Wildman–Crippen LogP) is 0.697. The molecule has 0 spiro atoms. The number of carboxylic acid groups (broad SMARTS) is 1. The summed E-state index contributed by atoms with van der Waals surface area (Å²) in [4.78, 5) is 21.4. The Balaban J connectivity index is 3.61. The van der Waals surface area contributed by atoms with Gasteiger partial charge in [0, 0.05) is 0 Å². The van der Waals surface area contributed by atoms with Gasteiger partial charge in [0.2, 0.25) is 0 Å². The summed E-state index contributed by atoms with van der Waals surface area (Å²) < 4.78 is 4.67. The number of hydrogen-bond donors (Lipinski definition) is 3. The molecular formula is C12H22O6. The SMILES string of the molecule is CCCCCCCCOC(=O)[C@H](O)[C@@H](O)C(=O)O. The number of carboxylic acids is 1. The molecular weight excluding hydrogens is 240 g/mol. The molecule has 3 N–H and O–H groups in total. The van der Waals surface area contributed by atoms with E-state index in [2.05, 4.69) is 11.7 Å². The van der Waals surface area contributed by atoms with Gasteiger partial charge in [-0.2, -0.15) is 0 Å². The first-order valence-electron chi connectivity index (χ1n) is 6.26. The zero-order chi connectivity index (χ0) is 14.0. The number of rotatable bonds is 10. The van der Waals surface area contributed by atoms with Crippen LogP contribution in [0.2, 0.25) is 0 Å². The lowest BCUT2D eigenvalue weighted by molar-refractivity contribution is -0.169. The lowest BCUT2D eigenvalue weighted by Gasteiger charge is -2.13. The molecule has 6 nitrogen and oxygen atoms in total. The van der Waals surface area contributed by atoms with Gasteiger partial charge in [-0.15, -0.1) is 0 Å². The van der Waals surface area contributed by atoms with E-state index in [9.17, 15) is 9.59 Å². The number of carbonyl (C=O) groups is 2. The maximum absolute atomic E-state index is 11.1. The second kappa shape index (κ2) is 9.85. The van der Waals surface area contributed by atoms with E-state index in [0.29, 0.717) is 6.42 Å². The number of aliphatic hydroxyl groups excluding tert-OH is 2. The Morgan fingerprint density at radius 2 is 1.56 bits per heavy atom. The summed E-state index contributed by atoms with van der Waals surface area (Å²) in [5, 5.41) is 26.4. The minimum Gasteiger partial charge on any atom is -0.479 e. The van der Waals surface area contributed by atoms with Crippen molar-refractivity contribution in [1.82, 2.24) is 0 Å². The van der Waals surface area contributed by atoms with Crippen LogP contribution in [0.5, 0.6) is 0 Å². The molecule has 0 saturated carbocycles. The quantitative estimate of drug-likeness (QED) is 0.395. The van der Waals surface area contributed by atoms with E-state index in [0.717, 1.165) is 25.7 Å². The van der Waals surface area contributed by atoms with Gasteiger partial charge in [-0.25, -0.2) is 9.59 Å². The monoisotopic (exact) mass is 262 g/mol. The van der Waals surface area contributed by atoms with Gasteiger partial charge < -0.3 is 20.1 Å². The maximum atomic E-state index is 11.1. The average Bonchev–Trinajstić information content (AvgIpc) is 2.35. The van der Waals surface area contributed by atoms with Gasteiger partial charge in [0.25, 0.3) is 0 Å². The Bertz CT molecular complexity index is 253. The van der Waals surface area contributed by atoms with E-state index < -0.39 is 24.1 Å². The number of carbonyl (C=O) groups excluding carboxylic acids is 1. The van der Waals surface area contributed by atoms with E-state index in [4.69, 9.17) is 15.3 Å². The molecule has 0 saturated heterocycles. The third-order valence-corrected chi connectivity index (χ3v) is 2.54. The summed E-state index contributed by atoms with van der Waals surface area (Å²) in [6.45, 7) is 2.26. The van der Waals surface area contributed by atoms with Gasteiger partial charge in [-0.1, -0.05) is 39.0 Å². The van der Waals surface area contributed by atoms with E-state index in [1.165, 1.54) is 6.42 Å². The molecule has 0 fully saturated rings. The van der Waals surface area contributed by atoms with E-state index >= 15 is 0 Å². The van der Waals surface area contributed by atoms with Crippen molar-refractivity contribution < 1.29 is 29.6 Å². The summed E-state index contributed by atoms with van der Waals surface area (Å²) in [5.74, 6) is -2.75. The van der Waals surface area contributed by atoms with Gasteiger partial charge in [-0.05, 0) is 6.42 Å². The predicted molar refractivity (Wildman–Crippen MR) is 64.0 cm³/mol. The number of aliphatic hydroxyl groups is 2. The Hall–Kier alpha value is -1.14. The highest BCUT2D eigenvalue weighted by Crippen LogP contribution is 2.05. The highest BCUT2D eigenvalue weighted by molar-refractivity contribution is 5.84. The maximum Gasteiger partial charge on any atom is 0.338 e.